The molecule has 6 nitrogen and oxygen atoms in total. The van der Waals surface area contributed by atoms with Gasteiger partial charge in [0.15, 0.2) is 5.82 Å². The molecule has 2 heterocycles. The van der Waals surface area contributed by atoms with Gasteiger partial charge in [0.05, 0.1) is 11.4 Å². The third kappa shape index (κ3) is 3.45. The normalized spacial score (nSPS) is 17.9. The number of hydrogen-bond acceptors (Lipinski definition) is 3. The molecule has 0 spiro atoms. The van der Waals surface area contributed by atoms with Gasteiger partial charge in [-0.2, -0.15) is 5.10 Å². The molecule has 0 radical (unpaired) electrons. The summed E-state index contributed by atoms with van der Waals surface area (Å²) in [5.74, 6) is 0.720. The van der Waals surface area contributed by atoms with E-state index in [-0.39, 0.29) is 24.2 Å². The Labute approximate surface area is 149 Å². The number of anilines is 1. The molecule has 1 saturated heterocycles. The summed E-state index contributed by atoms with van der Waals surface area (Å²) in [5, 5.41) is 11.0. The molecule has 3 rings (SSSR count). The molecular weight excluding hydrogens is 372 g/mol. The number of amides is 2. The van der Waals surface area contributed by atoms with Crippen molar-refractivity contribution in [3.63, 3.8) is 0 Å². The molecule has 7 heteroatoms. The van der Waals surface area contributed by atoms with E-state index in [9.17, 15) is 9.59 Å². The summed E-state index contributed by atoms with van der Waals surface area (Å²) in [6, 6.07) is 5.75. The second-order valence-electron chi connectivity index (χ2n) is 6.62. The number of rotatable bonds is 5. The highest BCUT2D eigenvalue weighted by atomic mass is 79.9. The second-order valence-corrected chi connectivity index (χ2v) is 7.53. The Morgan fingerprint density at radius 2 is 2.29 bits per heavy atom. The molecule has 2 aromatic rings. The summed E-state index contributed by atoms with van der Waals surface area (Å²) in [5.41, 5.74) is 0.858. The third-order valence-electron chi connectivity index (χ3n) is 4.28. The van der Waals surface area contributed by atoms with E-state index in [2.05, 4.69) is 45.3 Å². The average Bonchev–Trinajstić information content (AvgIpc) is 3.09. The topological polar surface area (TPSA) is 78.1 Å². The Hall–Kier alpha value is -1.89. The molecule has 1 fully saturated rings. The van der Waals surface area contributed by atoms with Crippen molar-refractivity contribution in [3.8, 4) is 0 Å². The van der Waals surface area contributed by atoms with Crippen LogP contribution in [-0.2, 0) is 9.59 Å². The van der Waals surface area contributed by atoms with Crippen LogP contribution in [0.1, 0.15) is 26.7 Å². The predicted molar refractivity (Wildman–Crippen MR) is 96.7 cm³/mol. The SMILES string of the molecule is CC(C)CCNC(=O)[C@@H]1CC(=O)N(c2n[nH]c3cc(Br)ccc23)C1. The van der Waals surface area contributed by atoms with Gasteiger partial charge in [-0.25, -0.2) is 0 Å². The lowest BCUT2D eigenvalue weighted by Crippen LogP contribution is -2.34. The zero-order valence-corrected chi connectivity index (χ0v) is 15.4. The largest absolute Gasteiger partial charge is 0.356 e. The van der Waals surface area contributed by atoms with Gasteiger partial charge in [-0.1, -0.05) is 29.8 Å². The molecule has 2 N–H and O–H groups in total. The number of benzene rings is 1. The van der Waals surface area contributed by atoms with Crippen molar-refractivity contribution in [2.75, 3.05) is 18.0 Å². The lowest BCUT2D eigenvalue weighted by atomic mass is 10.1. The van der Waals surface area contributed by atoms with Gasteiger partial charge < -0.3 is 5.32 Å². The first-order valence-electron chi connectivity index (χ1n) is 8.17. The van der Waals surface area contributed by atoms with Crippen molar-refractivity contribution in [1.29, 1.82) is 0 Å². The second kappa shape index (κ2) is 6.93. The first-order valence-corrected chi connectivity index (χ1v) is 8.96. The van der Waals surface area contributed by atoms with Crippen LogP contribution in [-0.4, -0.2) is 35.1 Å². The summed E-state index contributed by atoms with van der Waals surface area (Å²) >= 11 is 3.42. The quantitative estimate of drug-likeness (QED) is 0.820. The summed E-state index contributed by atoms with van der Waals surface area (Å²) in [6.07, 6.45) is 1.17. The Kier molecular flexibility index (Phi) is 4.89. The molecule has 128 valence electrons. The van der Waals surface area contributed by atoms with E-state index in [1.807, 2.05) is 18.2 Å². The fourth-order valence-electron chi connectivity index (χ4n) is 2.90. The molecular formula is C17H21BrN4O2. The van der Waals surface area contributed by atoms with Crippen LogP contribution in [0, 0.1) is 11.8 Å². The minimum atomic E-state index is -0.313. The minimum absolute atomic E-state index is 0.0471. The van der Waals surface area contributed by atoms with Crippen LogP contribution in [0.15, 0.2) is 22.7 Å². The maximum atomic E-state index is 12.4. The lowest BCUT2D eigenvalue weighted by Gasteiger charge is -2.14. The lowest BCUT2D eigenvalue weighted by molar-refractivity contribution is -0.126. The summed E-state index contributed by atoms with van der Waals surface area (Å²) in [4.78, 5) is 26.2. The van der Waals surface area contributed by atoms with Crippen molar-refractivity contribution in [2.24, 2.45) is 11.8 Å². The number of hydrogen-bond donors (Lipinski definition) is 2. The van der Waals surface area contributed by atoms with Crippen LogP contribution >= 0.6 is 15.9 Å². The zero-order chi connectivity index (χ0) is 17.3. The van der Waals surface area contributed by atoms with E-state index in [0.29, 0.717) is 24.8 Å². The van der Waals surface area contributed by atoms with Crippen molar-refractivity contribution < 1.29 is 9.59 Å². The van der Waals surface area contributed by atoms with E-state index in [1.165, 1.54) is 0 Å². The first kappa shape index (κ1) is 17.0. The number of carbonyl (C=O) groups excluding carboxylic acids is 2. The Morgan fingerprint density at radius 3 is 3.04 bits per heavy atom. The molecule has 0 saturated carbocycles. The maximum absolute atomic E-state index is 12.4. The van der Waals surface area contributed by atoms with E-state index in [4.69, 9.17) is 0 Å². The standard InChI is InChI=1S/C17H21BrN4O2/c1-10(2)5-6-19-17(24)11-7-15(23)22(9-11)16-13-4-3-12(18)8-14(13)20-21-16/h3-4,8,10-11H,5-7,9H2,1-2H3,(H,19,24)(H,20,21)/t11-/m1/s1. The minimum Gasteiger partial charge on any atom is -0.356 e. The van der Waals surface area contributed by atoms with Gasteiger partial charge in [0.25, 0.3) is 0 Å². The number of H-pyrrole nitrogens is 1. The molecule has 1 aromatic heterocycles. The molecule has 2 amide bonds. The molecule has 0 bridgehead atoms. The van der Waals surface area contributed by atoms with Gasteiger partial charge >= 0.3 is 0 Å². The van der Waals surface area contributed by atoms with Gasteiger partial charge in [-0.3, -0.25) is 19.6 Å². The smallest absolute Gasteiger partial charge is 0.229 e. The summed E-state index contributed by atoms with van der Waals surface area (Å²) in [7, 11) is 0. The van der Waals surface area contributed by atoms with Crippen LogP contribution in [0.2, 0.25) is 0 Å². The fourth-order valence-corrected chi connectivity index (χ4v) is 3.26. The zero-order valence-electron chi connectivity index (χ0n) is 13.8. The van der Waals surface area contributed by atoms with E-state index in [0.717, 1.165) is 21.8 Å². The molecule has 1 atom stereocenters. The Morgan fingerprint density at radius 1 is 1.50 bits per heavy atom. The van der Waals surface area contributed by atoms with Crippen molar-refractivity contribution in [2.45, 2.75) is 26.7 Å². The van der Waals surface area contributed by atoms with E-state index >= 15 is 0 Å². The van der Waals surface area contributed by atoms with Crippen LogP contribution in [0.3, 0.4) is 0 Å². The van der Waals surface area contributed by atoms with Gasteiger partial charge in [0.1, 0.15) is 0 Å². The highest BCUT2D eigenvalue weighted by Crippen LogP contribution is 2.31. The first-order chi connectivity index (χ1) is 11.5. The van der Waals surface area contributed by atoms with Crippen LogP contribution < -0.4 is 10.2 Å². The Balaban J connectivity index is 1.71. The number of fused-ring (bicyclic) bond motifs is 1. The number of carbonyl (C=O) groups is 2. The number of aromatic amines is 1. The molecule has 24 heavy (non-hydrogen) atoms. The van der Waals surface area contributed by atoms with E-state index < -0.39 is 0 Å². The van der Waals surface area contributed by atoms with E-state index in [1.54, 1.807) is 4.90 Å². The van der Waals surface area contributed by atoms with Crippen LogP contribution in [0.5, 0.6) is 0 Å². The summed E-state index contributed by atoms with van der Waals surface area (Å²) < 4.78 is 0.945. The molecule has 0 unspecified atom stereocenters. The fraction of sp³-hybridized carbons (Fsp3) is 0.471. The van der Waals surface area contributed by atoms with Crippen molar-refractivity contribution in [3.05, 3.63) is 22.7 Å². The predicted octanol–water partition coefficient (Wildman–Crippen LogP) is 2.84. The number of halogens is 1. The average molecular weight is 393 g/mol. The Bertz CT molecular complexity index is 771. The number of aromatic nitrogens is 2. The highest BCUT2D eigenvalue weighted by molar-refractivity contribution is 9.10. The van der Waals surface area contributed by atoms with Gasteiger partial charge in [0, 0.05) is 29.4 Å². The number of nitrogens with zero attached hydrogens (tertiary/aromatic N) is 2. The van der Waals surface area contributed by atoms with Crippen molar-refractivity contribution >= 4 is 44.5 Å². The molecule has 1 aliphatic rings. The van der Waals surface area contributed by atoms with Crippen LogP contribution in [0.25, 0.3) is 10.9 Å². The maximum Gasteiger partial charge on any atom is 0.229 e. The van der Waals surface area contributed by atoms with Gasteiger partial charge in [-0.05, 0) is 30.5 Å². The third-order valence-corrected chi connectivity index (χ3v) is 4.77. The van der Waals surface area contributed by atoms with Gasteiger partial charge in [0.2, 0.25) is 11.8 Å². The highest BCUT2D eigenvalue weighted by Gasteiger charge is 2.36. The number of nitrogens with one attached hydrogen (secondary N) is 2. The van der Waals surface area contributed by atoms with Crippen molar-refractivity contribution in [1.82, 2.24) is 15.5 Å². The van der Waals surface area contributed by atoms with Gasteiger partial charge in [-0.15, -0.1) is 0 Å². The van der Waals surface area contributed by atoms with Crippen LogP contribution in [0.4, 0.5) is 5.82 Å². The summed E-state index contributed by atoms with van der Waals surface area (Å²) in [6.45, 7) is 5.27. The molecule has 1 aromatic carbocycles. The molecule has 0 aliphatic carbocycles. The molecule has 1 aliphatic heterocycles. The monoisotopic (exact) mass is 392 g/mol.